The zero-order chi connectivity index (χ0) is 18.2. The number of carbonyl (C=O) groups excluding carboxylic acids is 1. The second kappa shape index (κ2) is 6.77. The lowest BCUT2D eigenvalue weighted by atomic mass is 9.85. The lowest BCUT2D eigenvalue weighted by Gasteiger charge is -2.41. The fraction of sp³-hybridized carbons (Fsp3) is 0.316. The van der Waals surface area contributed by atoms with Crippen molar-refractivity contribution >= 4 is 46.4 Å². The van der Waals surface area contributed by atoms with E-state index in [4.69, 9.17) is 27.9 Å². The Balaban J connectivity index is 2.05. The van der Waals surface area contributed by atoms with Crippen LogP contribution in [0.3, 0.4) is 0 Å². The Labute approximate surface area is 157 Å². The molecule has 0 atom stereocenters. The standard InChI is InChI=1S/C19H20Cl2N2O2/c1-4-19(5-2)14-11-13(7-9-17(14)23(3)18(24)25-19)22-16-10-12(20)6-8-15(16)21/h6-11,22H,4-5H2,1-3H3. The number of benzene rings is 2. The van der Waals surface area contributed by atoms with Crippen LogP contribution in [0.2, 0.25) is 10.0 Å². The largest absolute Gasteiger partial charge is 0.438 e. The van der Waals surface area contributed by atoms with E-state index in [1.54, 1.807) is 25.2 Å². The lowest BCUT2D eigenvalue weighted by Crippen LogP contribution is -2.43. The molecule has 0 aromatic heterocycles. The van der Waals surface area contributed by atoms with Crippen LogP contribution in [0.4, 0.5) is 21.9 Å². The van der Waals surface area contributed by atoms with Crippen molar-refractivity contribution in [1.29, 1.82) is 0 Å². The maximum atomic E-state index is 12.2. The van der Waals surface area contributed by atoms with Gasteiger partial charge in [0.05, 0.1) is 16.4 Å². The monoisotopic (exact) mass is 378 g/mol. The number of nitrogens with zero attached hydrogens (tertiary/aromatic N) is 1. The van der Waals surface area contributed by atoms with Crippen molar-refractivity contribution in [3.63, 3.8) is 0 Å². The van der Waals surface area contributed by atoms with E-state index in [9.17, 15) is 4.79 Å². The highest BCUT2D eigenvalue weighted by Gasteiger charge is 2.41. The van der Waals surface area contributed by atoms with Crippen LogP contribution in [0.1, 0.15) is 32.3 Å². The molecule has 0 unspecified atom stereocenters. The summed E-state index contributed by atoms with van der Waals surface area (Å²) >= 11 is 12.3. The van der Waals surface area contributed by atoms with Gasteiger partial charge in [-0.3, -0.25) is 4.90 Å². The molecule has 1 N–H and O–H groups in total. The number of nitrogens with one attached hydrogen (secondary N) is 1. The molecule has 3 rings (SSSR count). The fourth-order valence-corrected chi connectivity index (χ4v) is 3.52. The summed E-state index contributed by atoms with van der Waals surface area (Å²) in [5, 5.41) is 4.49. The lowest BCUT2D eigenvalue weighted by molar-refractivity contribution is -0.000183. The third-order valence-corrected chi connectivity index (χ3v) is 5.32. The van der Waals surface area contributed by atoms with E-state index in [-0.39, 0.29) is 6.09 Å². The van der Waals surface area contributed by atoms with E-state index in [1.807, 2.05) is 32.0 Å². The van der Waals surface area contributed by atoms with E-state index in [0.717, 1.165) is 22.6 Å². The van der Waals surface area contributed by atoms with Crippen molar-refractivity contribution in [2.75, 3.05) is 17.3 Å². The average Bonchev–Trinajstić information content (AvgIpc) is 2.61. The van der Waals surface area contributed by atoms with Crippen molar-refractivity contribution in [3.05, 3.63) is 52.0 Å². The number of ether oxygens (including phenoxy) is 1. The number of hydrogen-bond donors (Lipinski definition) is 1. The van der Waals surface area contributed by atoms with Crippen LogP contribution in [-0.2, 0) is 10.3 Å². The molecule has 1 aliphatic heterocycles. The highest BCUT2D eigenvalue weighted by atomic mass is 35.5. The van der Waals surface area contributed by atoms with Crippen molar-refractivity contribution in [2.24, 2.45) is 0 Å². The molecule has 0 fully saturated rings. The molecule has 132 valence electrons. The second-order valence-corrected chi connectivity index (χ2v) is 6.95. The van der Waals surface area contributed by atoms with Crippen LogP contribution in [0.15, 0.2) is 36.4 Å². The minimum Gasteiger partial charge on any atom is -0.438 e. The normalized spacial score (nSPS) is 15.6. The Bertz CT molecular complexity index is 819. The van der Waals surface area contributed by atoms with E-state index in [1.165, 1.54) is 4.90 Å². The maximum Gasteiger partial charge on any atom is 0.414 e. The minimum absolute atomic E-state index is 0.324. The Hall–Kier alpha value is -1.91. The zero-order valence-corrected chi connectivity index (χ0v) is 15.9. The van der Waals surface area contributed by atoms with Gasteiger partial charge in [-0.1, -0.05) is 37.0 Å². The summed E-state index contributed by atoms with van der Waals surface area (Å²) in [5.74, 6) is 0. The van der Waals surface area contributed by atoms with Crippen molar-refractivity contribution in [2.45, 2.75) is 32.3 Å². The number of hydrogen-bond acceptors (Lipinski definition) is 3. The van der Waals surface area contributed by atoms with Gasteiger partial charge in [0.2, 0.25) is 0 Å². The van der Waals surface area contributed by atoms with Crippen LogP contribution in [-0.4, -0.2) is 13.1 Å². The van der Waals surface area contributed by atoms with Gasteiger partial charge in [-0.15, -0.1) is 0 Å². The number of cyclic esters (lactones) is 1. The quantitative estimate of drug-likeness (QED) is 0.674. The second-order valence-electron chi connectivity index (χ2n) is 6.11. The fourth-order valence-electron chi connectivity index (χ4n) is 3.18. The first-order valence-electron chi connectivity index (χ1n) is 8.23. The Morgan fingerprint density at radius 2 is 1.84 bits per heavy atom. The minimum atomic E-state index is -0.616. The molecule has 0 spiro atoms. The molecule has 6 heteroatoms. The Kier molecular flexibility index (Phi) is 4.85. The number of carbonyl (C=O) groups is 1. The molecule has 1 aliphatic rings. The number of rotatable bonds is 4. The molecule has 0 radical (unpaired) electrons. The first-order chi connectivity index (χ1) is 11.9. The van der Waals surface area contributed by atoms with E-state index < -0.39 is 5.60 Å². The van der Waals surface area contributed by atoms with Gasteiger partial charge >= 0.3 is 6.09 Å². The first-order valence-corrected chi connectivity index (χ1v) is 8.99. The molecular formula is C19H20Cl2N2O2. The van der Waals surface area contributed by atoms with Gasteiger partial charge < -0.3 is 10.1 Å². The molecule has 1 heterocycles. The van der Waals surface area contributed by atoms with Crippen LogP contribution >= 0.6 is 23.2 Å². The average molecular weight is 379 g/mol. The van der Waals surface area contributed by atoms with Gasteiger partial charge in [-0.05, 0) is 49.2 Å². The van der Waals surface area contributed by atoms with Gasteiger partial charge in [-0.25, -0.2) is 4.79 Å². The predicted octanol–water partition coefficient (Wildman–Crippen LogP) is 6.34. The molecule has 4 nitrogen and oxygen atoms in total. The topological polar surface area (TPSA) is 41.6 Å². The molecule has 2 aromatic rings. The SMILES string of the molecule is CCC1(CC)OC(=O)N(C)c2ccc(Nc3cc(Cl)ccc3Cl)cc21. The van der Waals surface area contributed by atoms with Gasteiger partial charge in [0, 0.05) is 23.3 Å². The molecule has 0 saturated heterocycles. The molecule has 1 amide bonds. The molecule has 0 bridgehead atoms. The summed E-state index contributed by atoms with van der Waals surface area (Å²) in [6.45, 7) is 4.06. The van der Waals surface area contributed by atoms with Crippen molar-refractivity contribution < 1.29 is 9.53 Å². The summed E-state index contributed by atoms with van der Waals surface area (Å²) in [4.78, 5) is 13.7. The first kappa shape index (κ1) is 17.9. The number of halogens is 2. The smallest absolute Gasteiger partial charge is 0.414 e. The van der Waals surface area contributed by atoms with E-state index in [0.29, 0.717) is 22.9 Å². The van der Waals surface area contributed by atoms with E-state index in [2.05, 4.69) is 5.32 Å². The Morgan fingerprint density at radius 1 is 1.12 bits per heavy atom. The summed E-state index contributed by atoms with van der Waals surface area (Å²) in [5.41, 5.74) is 2.83. The highest BCUT2D eigenvalue weighted by Crippen LogP contribution is 2.44. The van der Waals surface area contributed by atoms with Crippen LogP contribution in [0.5, 0.6) is 0 Å². The summed E-state index contributed by atoms with van der Waals surface area (Å²) in [6.07, 6.45) is 1.09. The molecule has 25 heavy (non-hydrogen) atoms. The molecule has 0 saturated carbocycles. The third kappa shape index (κ3) is 3.16. The number of anilines is 3. The third-order valence-electron chi connectivity index (χ3n) is 4.75. The van der Waals surface area contributed by atoms with Gasteiger partial charge in [0.1, 0.15) is 5.60 Å². The van der Waals surface area contributed by atoms with E-state index >= 15 is 0 Å². The van der Waals surface area contributed by atoms with Crippen LogP contribution < -0.4 is 10.2 Å². The highest BCUT2D eigenvalue weighted by molar-refractivity contribution is 6.35. The maximum absolute atomic E-state index is 12.2. The summed E-state index contributed by atoms with van der Waals surface area (Å²) in [7, 11) is 1.72. The predicted molar refractivity (Wildman–Crippen MR) is 103 cm³/mol. The van der Waals surface area contributed by atoms with Gasteiger partial charge in [0.15, 0.2) is 0 Å². The van der Waals surface area contributed by atoms with Crippen LogP contribution in [0.25, 0.3) is 0 Å². The van der Waals surface area contributed by atoms with Crippen molar-refractivity contribution in [3.8, 4) is 0 Å². The number of fused-ring (bicyclic) bond motifs is 1. The summed E-state index contributed by atoms with van der Waals surface area (Å²) < 4.78 is 5.77. The molecular weight excluding hydrogens is 359 g/mol. The zero-order valence-electron chi connectivity index (χ0n) is 14.4. The van der Waals surface area contributed by atoms with Gasteiger partial charge in [0.25, 0.3) is 0 Å². The van der Waals surface area contributed by atoms with Crippen molar-refractivity contribution in [1.82, 2.24) is 0 Å². The molecule has 0 aliphatic carbocycles. The molecule has 2 aromatic carbocycles. The summed E-state index contributed by atoms with van der Waals surface area (Å²) in [6, 6.07) is 11.1. The Morgan fingerprint density at radius 3 is 2.52 bits per heavy atom. The number of amides is 1. The van der Waals surface area contributed by atoms with Crippen LogP contribution in [0, 0.1) is 0 Å². The van der Waals surface area contributed by atoms with Gasteiger partial charge in [-0.2, -0.15) is 0 Å².